The molecule has 0 fully saturated rings. The van der Waals surface area contributed by atoms with Gasteiger partial charge in [-0.1, -0.05) is 30.3 Å². The zero-order chi connectivity index (χ0) is 22.1. The van der Waals surface area contributed by atoms with Crippen molar-refractivity contribution in [3.8, 4) is 23.0 Å². The number of ether oxygens (including phenoxy) is 5. The van der Waals surface area contributed by atoms with Gasteiger partial charge in [0.1, 0.15) is 36.9 Å². The van der Waals surface area contributed by atoms with Crippen molar-refractivity contribution in [3.63, 3.8) is 0 Å². The van der Waals surface area contributed by atoms with Crippen LogP contribution in [-0.4, -0.2) is 63.1 Å². The van der Waals surface area contributed by atoms with Crippen LogP contribution < -0.4 is 14.2 Å². The number of methoxy groups -OCH3 is 2. The zero-order valence-corrected chi connectivity index (χ0v) is 17.7. The number of rotatable bonds is 12. The number of para-hydroxylation sites is 1. The Hall–Kier alpha value is -2.84. The van der Waals surface area contributed by atoms with E-state index < -0.39 is 12.2 Å². The first-order chi connectivity index (χ1) is 15.1. The minimum absolute atomic E-state index is 0.0594. The Bertz CT molecular complexity index is 940. The molecule has 0 saturated heterocycles. The van der Waals surface area contributed by atoms with Gasteiger partial charge in [-0.05, 0) is 35.7 Å². The molecule has 0 aliphatic rings. The third-order valence-electron chi connectivity index (χ3n) is 4.46. The third kappa shape index (κ3) is 6.57. The Morgan fingerprint density at radius 2 is 1.35 bits per heavy atom. The quantitative estimate of drug-likeness (QED) is 0.457. The predicted molar refractivity (Wildman–Crippen MR) is 117 cm³/mol. The lowest BCUT2D eigenvalue weighted by Crippen LogP contribution is -2.22. The molecule has 166 valence electrons. The summed E-state index contributed by atoms with van der Waals surface area (Å²) in [4.78, 5) is 0. The predicted octanol–water partition coefficient (Wildman–Crippen LogP) is 3.40. The first kappa shape index (κ1) is 22.8. The molecule has 7 heteroatoms. The molecule has 0 bridgehead atoms. The van der Waals surface area contributed by atoms with Gasteiger partial charge in [-0.2, -0.15) is 0 Å². The molecule has 31 heavy (non-hydrogen) atoms. The SMILES string of the molecule is COCC(O)COc1ccc2ccc(OCC(O)COC)c(Oc3ccccc3)c2c1. The Morgan fingerprint density at radius 3 is 2.03 bits per heavy atom. The van der Waals surface area contributed by atoms with Gasteiger partial charge in [-0.3, -0.25) is 0 Å². The number of aliphatic hydroxyl groups is 2. The molecule has 2 atom stereocenters. The van der Waals surface area contributed by atoms with E-state index in [1.165, 1.54) is 14.2 Å². The number of fused-ring (bicyclic) bond motifs is 1. The maximum Gasteiger partial charge on any atom is 0.177 e. The van der Waals surface area contributed by atoms with Crippen molar-refractivity contribution >= 4 is 10.8 Å². The lowest BCUT2D eigenvalue weighted by atomic mass is 10.1. The molecule has 0 aliphatic heterocycles. The van der Waals surface area contributed by atoms with Crippen molar-refractivity contribution < 1.29 is 33.9 Å². The van der Waals surface area contributed by atoms with Gasteiger partial charge >= 0.3 is 0 Å². The summed E-state index contributed by atoms with van der Waals surface area (Å²) in [5.74, 6) is 2.23. The van der Waals surface area contributed by atoms with E-state index in [2.05, 4.69) is 0 Å². The summed E-state index contributed by atoms with van der Waals surface area (Å²) in [6.45, 7) is 0.527. The molecule has 0 amide bonds. The summed E-state index contributed by atoms with van der Waals surface area (Å²) in [7, 11) is 3.05. The summed E-state index contributed by atoms with van der Waals surface area (Å²) in [5.41, 5.74) is 0. The molecular weight excluding hydrogens is 400 g/mol. The fraction of sp³-hybridized carbons (Fsp3) is 0.333. The van der Waals surface area contributed by atoms with E-state index >= 15 is 0 Å². The summed E-state index contributed by atoms with van der Waals surface area (Å²) in [5, 5.41) is 21.5. The Morgan fingerprint density at radius 1 is 0.710 bits per heavy atom. The van der Waals surface area contributed by atoms with Crippen LogP contribution >= 0.6 is 0 Å². The molecule has 2 unspecified atom stereocenters. The molecule has 0 radical (unpaired) electrons. The van der Waals surface area contributed by atoms with Gasteiger partial charge in [0, 0.05) is 19.6 Å². The minimum Gasteiger partial charge on any atom is -0.491 e. The molecule has 0 aliphatic carbocycles. The highest BCUT2D eigenvalue weighted by Gasteiger charge is 2.15. The van der Waals surface area contributed by atoms with Crippen LogP contribution in [-0.2, 0) is 9.47 Å². The van der Waals surface area contributed by atoms with E-state index in [-0.39, 0.29) is 26.4 Å². The molecule has 3 aromatic rings. The molecule has 7 nitrogen and oxygen atoms in total. The fourth-order valence-corrected chi connectivity index (χ4v) is 3.03. The van der Waals surface area contributed by atoms with E-state index in [0.717, 1.165) is 10.8 Å². The maximum atomic E-state index is 9.97. The van der Waals surface area contributed by atoms with Gasteiger partial charge in [0.15, 0.2) is 11.5 Å². The Kier molecular flexibility index (Phi) is 8.49. The second-order valence-electron chi connectivity index (χ2n) is 7.03. The highest BCUT2D eigenvalue weighted by Crippen LogP contribution is 2.40. The van der Waals surface area contributed by atoms with Crippen molar-refractivity contribution in [1.29, 1.82) is 0 Å². The monoisotopic (exact) mass is 428 g/mol. The highest BCUT2D eigenvalue weighted by molar-refractivity contribution is 5.92. The summed E-state index contributed by atoms with van der Waals surface area (Å²) in [6.07, 6.45) is -1.49. The van der Waals surface area contributed by atoms with E-state index in [1.54, 1.807) is 0 Å². The minimum atomic E-state index is -0.762. The topological polar surface area (TPSA) is 86.6 Å². The van der Waals surface area contributed by atoms with Gasteiger partial charge in [-0.25, -0.2) is 0 Å². The largest absolute Gasteiger partial charge is 0.491 e. The molecule has 0 aromatic heterocycles. The highest BCUT2D eigenvalue weighted by atomic mass is 16.5. The molecule has 3 aromatic carbocycles. The second-order valence-corrected chi connectivity index (χ2v) is 7.03. The van der Waals surface area contributed by atoms with E-state index in [9.17, 15) is 10.2 Å². The van der Waals surface area contributed by atoms with E-state index in [0.29, 0.717) is 23.0 Å². The first-order valence-electron chi connectivity index (χ1n) is 10.00. The van der Waals surface area contributed by atoms with Crippen LogP contribution in [0.2, 0.25) is 0 Å². The Labute approximate surface area is 181 Å². The second kappa shape index (κ2) is 11.5. The molecule has 0 spiro atoms. The molecule has 0 saturated carbocycles. The summed E-state index contributed by atoms with van der Waals surface area (Å²) in [6, 6.07) is 18.7. The zero-order valence-electron chi connectivity index (χ0n) is 17.7. The average Bonchev–Trinajstić information content (AvgIpc) is 2.78. The number of hydrogen-bond acceptors (Lipinski definition) is 7. The Balaban J connectivity index is 1.92. The van der Waals surface area contributed by atoms with Gasteiger partial charge in [0.25, 0.3) is 0 Å². The van der Waals surface area contributed by atoms with E-state index in [1.807, 2.05) is 60.7 Å². The molecular formula is C24H28O7. The van der Waals surface area contributed by atoms with Crippen LogP contribution in [0.3, 0.4) is 0 Å². The molecule has 2 N–H and O–H groups in total. The van der Waals surface area contributed by atoms with Crippen LogP contribution in [0, 0.1) is 0 Å². The average molecular weight is 428 g/mol. The van der Waals surface area contributed by atoms with Crippen LogP contribution in [0.15, 0.2) is 60.7 Å². The van der Waals surface area contributed by atoms with Crippen LogP contribution in [0.4, 0.5) is 0 Å². The smallest absolute Gasteiger partial charge is 0.177 e. The number of aliphatic hydroxyl groups excluding tert-OH is 2. The van der Waals surface area contributed by atoms with Crippen molar-refractivity contribution in [2.75, 3.05) is 40.6 Å². The van der Waals surface area contributed by atoms with Crippen molar-refractivity contribution in [3.05, 3.63) is 60.7 Å². The van der Waals surface area contributed by atoms with Crippen molar-refractivity contribution in [2.45, 2.75) is 12.2 Å². The summed E-state index contributed by atoms with van der Waals surface area (Å²) < 4.78 is 27.6. The third-order valence-corrected chi connectivity index (χ3v) is 4.46. The van der Waals surface area contributed by atoms with Crippen LogP contribution in [0.1, 0.15) is 0 Å². The summed E-state index contributed by atoms with van der Waals surface area (Å²) >= 11 is 0. The lowest BCUT2D eigenvalue weighted by molar-refractivity contribution is 0.0321. The van der Waals surface area contributed by atoms with Gasteiger partial charge in [-0.15, -0.1) is 0 Å². The van der Waals surface area contributed by atoms with Crippen LogP contribution in [0.25, 0.3) is 10.8 Å². The molecule has 0 heterocycles. The maximum absolute atomic E-state index is 9.97. The van der Waals surface area contributed by atoms with Crippen molar-refractivity contribution in [2.24, 2.45) is 0 Å². The lowest BCUT2D eigenvalue weighted by Gasteiger charge is -2.18. The van der Waals surface area contributed by atoms with Gasteiger partial charge in [0.05, 0.1) is 13.2 Å². The van der Waals surface area contributed by atoms with Crippen LogP contribution in [0.5, 0.6) is 23.0 Å². The number of benzene rings is 3. The first-order valence-corrected chi connectivity index (χ1v) is 10.00. The van der Waals surface area contributed by atoms with E-state index in [4.69, 9.17) is 23.7 Å². The van der Waals surface area contributed by atoms with Gasteiger partial charge < -0.3 is 33.9 Å². The number of hydrogen-bond donors (Lipinski definition) is 2. The van der Waals surface area contributed by atoms with Gasteiger partial charge in [0.2, 0.25) is 0 Å². The standard InChI is InChI=1S/C24H28O7/c1-27-13-18(25)15-29-21-10-8-17-9-11-23(30-16-19(26)14-28-2)24(22(17)12-21)31-20-6-4-3-5-7-20/h3-12,18-19,25-26H,13-16H2,1-2H3. The molecule has 3 rings (SSSR count). The van der Waals surface area contributed by atoms with Crippen molar-refractivity contribution in [1.82, 2.24) is 0 Å². The normalized spacial score (nSPS) is 13.0. The fourth-order valence-electron chi connectivity index (χ4n) is 3.03.